The molecule has 1 heterocycles. The Balaban J connectivity index is 0.000000331. The molecule has 4 rings (SSSR count). The Hall–Kier alpha value is -3.00. The highest BCUT2D eigenvalue weighted by Crippen LogP contribution is 2.38. The van der Waals surface area contributed by atoms with Gasteiger partial charge >= 0.3 is 5.51 Å². The summed E-state index contributed by atoms with van der Waals surface area (Å²) in [5, 5.41) is 2.69. The second-order valence-electron chi connectivity index (χ2n) is 6.83. The summed E-state index contributed by atoms with van der Waals surface area (Å²) in [5.74, 6) is 1.22. The average Bonchev–Trinajstić information content (AvgIpc) is 3.16. The minimum absolute atomic E-state index is 0.674. The molecule has 0 amide bonds. The molecule has 5 nitrogen and oxygen atoms in total. The molecule has 0 bridgehead atoms. The lowest BCUT2D eigenvalue weighted by molar-refractivity contribution is -0.659. The van der Waals surface area contributed by atoms with Gasteiger partial charge in [-0.25, -0.2) is 17.3 Å². The van der Waals surface area contributed by atoms with Gasteiger partial charge in [-0.2, -0.15) is 13.2 Å². The minimum Gasteiger partial charge on any atom is -0.741 e. The van der Waals surface area contributed by atoms with Gasteiger partial charge in [0, 0.05) is 10.6 Å². The van der Waals surface area contributed by atoms with E-state index in [1.807, 2.05) is 0 Å². The third kappa shape index (κ3) is 6.07. The van der Waals surface area contributed by atoms with Crippen molar-refractivity contribution in [1.82, 2.24) is 4.34 Å². The number of alkyl halides is 3. The normalized spacial score (nSPS) is 11.7. The summed E-state index contributed by atoms with van der Waals surface area (Å²) in [7, 11) is -4.65. The van der Waals surface area contributed by atoms with E-state index in [0.29, 0.717) is 0 Å². The maximum atomic E-state index is 10.7. The number of aryl methyl sites for hydroxylation is 1. The van der Waals surface area contributed by atoms with Gasteiger partial charge in [-0.1, -0.05) is 78.9 Å². The van der Waals surface area contributed by atoms with E-state index >= 15 is 0 Å². The lowest BCUT2D eigenvalue weighted by Gasteiger charge is -2.16. The quantitative estimate of drug-likeness (QED) is 0.188. The molecule has 0 radical (unpaired) electrons. The highest BCUT2D eigenvalue weighted by Gasteiger charge is 2.37. The van der Waals surface area contributed by atoms with Gasteiger partial charge in [0.25, 0.3) is 5.82 Å². The van der Waals surface area contributed by atoms with Crippen molar-refractivity contribution in [3.63, 3.8) is 0 Å². The molecule has 0 saturated carbocycles. The maximum absolute atomic E-state index is 10.7. The summed E-state index contributed by atoms with van der Waals surface area (Å²) in [6, 6.07) is 32.2. The molecule has 0 saturated heterocycles. The number of imidazole rings is 1. The van der Waals surface area contributed by atoms with Crippen molar-refractivity contribution in [2.24, 2.45) is 7.05 Å². The zero-order valence-electron chi connectivity index (χ0n) is 17.4. The van der Waals surface area contributed by atoms with Crippen molar-refractivity contribution in [2.45, 2.75) is 5.51 Å². The van der Waals surface area contributed by atoms with Gasteiger partial charge in [-0.3, -0.25) is 0 Å². The van der Waals surface area contributed by atoms with Crippen LogP contribution >= 0.6 is 8.07 Å². The van der Waals surface area contributed by atoms with E-state index in [9.17, 15) is 13.2 Å². The fourth-order valence-corrected chi connectivity index (χ4v) is 5.43. The highest BCUT2D eigenvalue weighted by atomic mass is 32.2. The summed E-state index contributed by atoms with van der Waals surface area (Å²) in [6.45, 7) is 0. The van der Waals surface area contributed by atoms with Gasteiger partial charge < -0.3 is 4.55 Å². The van der Waals surface area contributed by atoms with Crippen molar-refractivity contribution >= 4 is 28.8 Å². The van der Waals surface area contributed by atoms with E-state index in [4.69, 9.17) is 13.0 Å². The Morgan fingerprint density at radius 2 is 1.21 bits per heavy atom. The monoisotopic (exact) mass is 492 g/mol. The van der Waals surface area contributed by atoms with Crippen molar-refractivity contribution in [3.8, 4) is 11.4 Å². The molecule has 0 atom stereocenters. The molecular weight excluding hydrogens is 472 g/mol. The highest BCUT2D eigenvalue weighted by molar-refractivity contribution is 7.86. The van der Waals surface area contributed by atoms with Gasteiger partial charge in [-0.05, 0) is 12.1 Å². The van der Waals surface area contributed by atoms with Crippen LogP contribution in [0.3, 0.4) is 0 Å². The lowest BCUT2D eigenvalue weighted by Crippen LogP contribution is -2.30. The molecule has 0 unspecified atom stereocenters. The van der Waals surface area contributed by atoms with Gasteiger partial charge in [0.05, 0.1) is 12.6 Å². The van der Waals surface area contributed by atoms with E-state index in [-0.39, 0.29) is 0 Å². The number of hydrogen-bond acceptors (Lipinski definition) is 3. The Morgan fingerprint density at radius 3 is 1.61 bits per heavy atom. The molecule has 0 spiro atoms. The standard InChI is InChI=1S/C22H20N2P.CHF3O3S/c1-23-17-18-24(22(23)19-11-5-2-6-12-19)25(20-13-7-3-8-14-20)21-15-9-4-10-16-21;2-1(3,4)8(5,6)7/h2-18H,1H3;(H,5,6,7)/q+1;/p-1. The smallest absolute Gasteiger partial charge is 0.485 e. The van der Waals surface area contributed by atoms with Crippen LogP contribution in [0.1, 0.15) is 0 Å². The Labute approximate surface area is 191 Å². The van der Waals surface area contributed by atoms with Crippen LogP contribution < -0.4 is 15.2 Å². The summed E-state index contributed by atoms with van der Waals surface area (Å²) in [5.41, 5.74) is -4.41. The zero-order chi connectivity index (χ0) is 24.1. The molecule has 10 heteroatoms. The Morgan fingerprint density at radius 1 is 0.818 bits per heavy atom. The van der Waals surface area contributed by atoms with Crippen LogP contribution in [0.15, 0.2) is 103 Å². The number of halogens is 3. The third-order valence-corrected chi connectivity index (χ3v) is 7.41. The average molecular weight is 492 g/mol. The van der Waals surface area contributed by atoms with Crippen LogP contribution in [0, 0.1) is 0 Å². The largest absolute Gasteiger partial charge is 0.741 e. The summed E-state index contributed by atoms with van der Waals surface area (Å²) >= 11 is 0. The second kappa shape index (κ2) is 10.3. The molecule has 33 heavy (non-hydrogen) atoms. The predicted molar refractivity (Wildman–Crippen MR) is 121 cm³/mol. The fourth-order valence-electron chi connectivity index (χ4n) is 3.09. The Bertz CT molecular complexity index is 1240. The number of nitrogens with zero attached hydrogens (tertiary/aromatic N) is 2. The SMILES string of the molecule is C[n+]1ccn(P(c2ccccc2)c2ccccc2)c1-c1ccccc1.O=S(=O)([O-])C(F)(F)F. The first kappa shape index (κ1) is 24.6. The van der Waals surface area contributed by atoms with Gasteiger partial charge in [0.1, 0.15) is 12.4 Å². The summed E-state index contributed by atoms with van der Waals surface area (Å²) in [6.07, 6.45) is 4.34. The summed E-state index contributed by atoms with van der Waals surface area (Å²) < 4.78 is 63.5. The fraction of sp³-hybridized carbons (Fsp3) is 0.0870. The first-order valence-corrected chi connectivity index (χ1v) is 12.3. The van der Waals surface area contributed by atoms with Crippen LogP contribution in [-0.2, 0) is 17.2 Å². The molecular formula is C23H20F3N2O3PS. The molecule has 3 aromatic carbocycles. The van der Waals surface area contributed by atoms with E-state index in [1.165, 1.54) is 22.0 Å². The van der Waals surface area contributed by atoms with E-state index in [1.54, 1.807) is 0 Å². The van der Waals surface area contributed by atoms with Crippen LogP contribution in [0.5, 0.6) is 0 Å². The second-order valence-corrected chi connectivity index (χ2v) is 10.3. The van der Waals surface area contributed by atoms with Crippen LogP contribution in [0.2, 0.25) is 0 Å². The van der Waals surface area contributed by atoms with Crippen molar-refractivity contribution in [3.05, 3.63) is 103 Å². The number of hydrogen-bond donors (Lipinski definition) is 0. The van der Waals surface area contributed by atoms with Gasteiger partial charge in [0.2, 0.25) is 0 Å². The first-order valence-electron chi connectivity index (χ1n) is 9.64. The first-order chi connectivity index (χ1) is 15.6. The van der Waals surface area contributed by atoms with E-state index in [2.05, 4.69) is 119 Å². The Kier molecular flexibility index (Phi) is 7.68. The van der Waals surface area contributed by atoms with Gasteiger partial charge in [-0.15, -0.1) is 0 Å². The van der Waals surface area contributed by atoms with Crippen LogP contribution in [0.4, 0.5) is 13.2 Å². The van der Waals surface area contributed by atoms with Crippen LogP contribution in [0.25, 0.3) is 11.4 Å². The number of aromatic nitrogens is 2. The van der Waals surface area contributed by atoms with Crippen molar-refractivity contribution < 1.29 is 30.7 Å². The van der Waals surface area contributed by atoms with Gasteiger partial charge in [0.15, 0.2) is 18.2 Å². The maximum Gasteiger partial charge on any atom is 0.485 e. The predicted octanol–water partition coefficient (Wildman–Crippen LogP) is 3.93. The molecule has 4 aromatic rings. The van der Waals surface area contributed by atoms with Crippen molar-refractivity contribution in [2.75, 3.05) is 0 Å². The molecule has 1 aromatic heterocycles. The zero-order valence-corrected chi connectivity index (χ0v) is 19.1. The molecule has 0 aliphatic heterocycles. The topological polar surface area (TPSA) is 66.0 Å². The minimum atomic E-state index is -6.09. The van der Waals surface area contributed by atoms with E-state index < -0.39 is 23.7 Å². The molecule has 172 valence electrons. The molecule has 0 fully saturated rings. The number of benzene rings is 3. The summed E-state index contributed by atoms with van der Waals surface area (Å²) in [4.78, 5) is 0. The number of rotatable bonds is 4. The molecule has 0 N–H and O–H groups in total. The molecule has 0 aliphatic carbocycles. The third-order valence-electron chi connectivity index (χ3n) is 4.52. The lowest BCUT2D eigenvalue weighted by atomic mass is 10.2. The van der Waals surface area contributed by atoms with Crippen molar-refractivity contribution in [1.29, 1.82) is 0 Å². The van der Waals surface area contributed by atoms with Crippen LogP contribution in [-0.4, -0.2) is 22.8 Å². The molecule has 0 aliphatic rings. The van der Waals surface area contributed by atoms with E-state index in [0.717, 1.165) is 0 Å².